The zero-order valence-electron chi connectivity index (χ0n) is 11.6. The van der Waals surface area contributed by atoms with Gasteiger partial charge >= 0.3 is 0 Å². The number of anilines is 1. The van der Waals surface area contributed by atoms with Crippen molar-refractivity contribution in [1.82, 2.24) is 4.90 Å². The Morgan fingerprint density at radius 1 is 1.16 bits per heavy atom. The predicted molar refractivity (Wildman–Crippen MR) is 82.7 cm³/mol. The van der Waals surface area contributed by atoms with Crippen molar-refractivity contribution in [2.75, 3.05) is 31.5 Å². The van der Waals surface area contributed by atoms with Gasteiger partial charge in [-0.2, -0.15) is 0 Å². The van der Waals surface area contributed by atoms with Gasteiger partial charge in [-0.3, -0.25) is 0 Å². The summed E-state index contributed by atoms with van der Waals surface area (Å²) in [6.45, 7) is 7.04. The van der Waals surface area contributed by atoms with Gasteiger partial charge in [-0.25, -0.2) is 0 Å². The molecular formula is C17H22N2. The van der Waals surface area contributed by atoms with Gasteiger partial charge < -0.3 is 10.2 Å². The third-order valence-electron chi connectivity index (χ3n) is 4.16. The second-order valence-electron chi connectivity index (χ2n) is 5.49. The number of fused-ring (bicyclic) bond motifs is 1. The van der Waals surface area contributed by atoms with Crippen LogP contribution >= 0.6 is 0 Å². The van der Waals surface area contributed by atoms with Crippen LogP contribution in [0.3, 0.4) is 0 Å². The lowest BCUT2D eigenvalue weighted by molar-refractivity contribution is 0.345. The summed E-state index contributed by atoms with van der Waals surface area (Å²) in [6.07, 6.45) is 1.33. The van der Waals surface area contributed by atoms with Crippen molar-refractivity contribution in [2.45, 2.75) is 13.3 Å². The molecule has 1 N–H and O–H groups in total. The molecule has 2 aromatic carbocycles. The monoisotopic (exact) mass is 254 g/mol. The van der Waals surface area contributed by atoms with Crippen LogP contribution in [-0.2, 0) is 0 Å². The SMILES string of the molecule is CCN1CCC(CNc2ccc3ccccc3c2)C1. The molecule has 1 saturated heterocycles. The fourth-order valence-corrected chi connectivity index (χ4v) is 2.93. The Morgan fingerprint density at radius 2 is 2.00 bits per heavy atom. The first-order valence-corrected chi connectivity index (χ1v) is 7.30. The third-order valence-corrected chi connectivity index (χ3v) is 4.16. The molecule has 1 unspecified atom stereocenters. The van der Waals surface area contributed by atoms with Crippen LogP contribution in [0.25, 0.3) is 10.8 Å². The molecule has 0 aliphatic carbocycles. The van der Waals surface area contributed by atoms with E-state index in [4.69, 9.17) is 0 Å². The maximum Gasteiger partial charge on any atom is 0.0346 e. The second kappa shape index (κ2) is 5.62. The third kappa shape index (κ3) is 2.90. The van der Waals surface area contributed by atoms with Gasteiger partial charge in [0.1, 0.15) is 0 Å². The van der Waals surface area contributed by atoms with E-state index >= 15 is 0 Å². The Labute approximate surface area is 115 Å². The van der Waals surface area contributed by atoms with Crippen molar-refractivity contribution in [1.29, 1.82) is 0 Å². The molecule has 2 nitrogen and oxygen atoms in total. The molecule has 0 radical (unpaired) electrons. The molecule has 3 rings (SSSR count). The Balaban J connectivity index is 1.62. The van der Waals surface area contributed by atoms with Gasteiger partial charge in [0.15, 0.2) is 0 Å². The van der Waals surface area contributed by atoms with E-state index in [0.29, 0.717) is 0 Å². The number of hydrogen-bond acceptors (Lipinski definition) is 2. The van der Waals surface area contributed by atoms with E-state index in [2.05, 4.69) is 59.6 Å². The van der Waals surface area contributed by atoms with Crippen LogP contribution in [0.2, 0.25) is 0 Å². The number of rotatable bonds is 4. The average Bonchev–Trinajstić information content (AvgIpc) is 2.93. The summed E-state index contributed by atoms with van der Waals surface area (Å²) in [5, 5.41) is 6.22. The van der Waals surface area contributed by atoms with Crippen molar-refractivity contribution in [3.05, 3.63) is 42.5 Å². The molecule has 1 heterocycles. The van der Waals surface area contributed by atoms with Crippen molar-refractivity contribution in [2.24, 2.45) is 5.92 Å². The van der Waals surface area contributed by atoms with Crippen molar-refractivity contribution >= 4 is 16.5 Å². The molecule has 2 aromatic rings. The summed E-state index contributed by atoms with van der Waals surface area (Å²) in [4.78, 5) is 2.53. The Hall–Kier alpha value is -1.54. The fourth-order valence-electron chi connectivity index (χ4n) is 2.93. The lowest BCUT2D eigenvalue weighted by atomic mass is 10.1. The largest absolute Gasteiger partial charge is 0.385 e. The molecule has 1 atom stereocenters. The van der Waals surface area contributed by atoms with E-state index in [9.17, 15) is 0 Å². The van der Waals surface area contributed by atoms with Gasteiger partial charge in [0, 0.05) is 18.8 Å². The maximum atomic E-state index is 3.60. The molecule has 0 saturated carbocycles. The van der Waals surface area contributed by atoms with Crippen LogP contribution in [0.4, 0.5) is 5.69 Å². The number of hydrogen-bond donors (Lipinski definition) is 1. The minimum Gasteiger partial charge on any atom is -0.385 e. The van der Waals surface area contributed by atoms with Crippen LogP contribution in [0.5, 0.6) is 0 Å². The molecule has 1 aliphatic heterocycles. The van der Waals surface area contributed by atoms with E-state index in [-0.39, 0.29) is 0 Å². The molecule has 1 fully saturated rings. The highest BCUT2D eigenvalue weighted by atomic mass is 15.1. The molecule has 1 aliphatic rings. The lowest BCUT2D eigenvalue weighted by Gasteiger charge is -2.14. The molecule has 100 valence electrons. The second-order valence-corrected chi connectivity index (χ2v) is 5.49. The van der Waals surface area contributed by atoms with Gasteiger partial charge in [-0.1, -0.05) is 37.3 Å². The normalized spacial score (nSPS) is 19.9. The molecule has 0 spiro atoms. The zero-order chi connectivity index (χ0) is 13.1. The van der Waals surface area contributed by atoms with Crippen molar-refractivity contribution in [3.63, 3.8) is 0 Å². The first-order chi connectivity index (χ1) is 9.35. The van der Waals surface area contributed by atoms with Crippen LogP contribution in [-0.4, -0.2) is 31.1 Å². The van der Waals surface area contributed by atoms with Gasteiger partial charge in [0.05, 0.1) is 0 Å². The first kappa shape index (κ1) is 12.5. The minimum atomic E-state index is 0.798. The summed E-state index contributed by atoms with van der Waals surface area (Å²) in [5.74, 6) is 0.798. The van der Waals surface area contributed by atoms with Gasteiger partial charge in [-0.15, -0.1) is 0 Å². The molecule has 0 amide bonds. The molecule has 2 heteroatoms. The van der Waals surface area contributed by atoms with E-state index in [1.54, 1.807) is 0 Å². The molecule has 0 bridgehead atoms. The highest BCUT2D eigenvalue weighted by Gasteiger charge is 2.20. The Bertz CT molecular complexity index is 550. The van der Waals surface area contributed by atoms with Crippen LogP contribution < -0.4 is 5.32 Å². The summed E-state index contributed by atoms with van der Waals surface area (Å²) < 4.78 is 0. The zero-order valence-corrected chi connectivity index (χ0v) is 11.6. The smallest absolute Gasteiger partial charge is 0.0346 e. The Morgan fingerprint density at radius 3 is 2.79 bits per heavy atom. The summed E-state index contributed by atoms with van der Waals surface area (Å²) in [7, 11) is 0. The highest BCUT2D eigenvalue weighted by molar-refractivity contribution is 5.85. The van der Waals surface area contributed by atoms with Gasteiger partial charge in [0.25, 0.3) is 0 Å². The van der Waals surface area contributed by atoms with E-state index in [1.165, 1.54) is 42.5 Å². The van der Waals surface area contributed by atoms with Gasteiger partial charge in [0.2, 0.25) is 0 Å². The molecule has 0 aromatic heterocycles. The topological polar surface area (TPSA) is 15.3 Å². The minimum absolute atomic E-state index is 0.798. The summed E-state index contributed by atoms with van der Waals surface area (Å²) >= 11 is 0. The molecular weight excluding hydrogens is 232 g/mol. The maximum absolute atomic E-state index is 3.60. The lowest BCUT2D eigenvalue weighted by Crippen LogP contribution is -2.22. The fraction of sp³-hybridized carbons (Fsp3) is 0.412. The van der Waals surface area contributed by atoms with Gasteiger partial charge in [-0.05, 0) is 48.3 Å². The van der Waals surface area contributed by atoms with E-state index < -0.39 is 0 Å². The first-order valence-electron chi connectivity index (χ1n) is 7.30. The predicted octanol–water partition coefficient (Wildman–Crippen LogP) is 3.59. The summed E-state index contributed by atoms with van der Waals surface area (Å²) in [5.41, 5.74) is 1.24. The van der Waals surface area contributed by atoms with Crippen LogP contribution in [0, 0.1) is 5.92 Å². The standard InChI is InChI=1S/C17H22N2/c1-2-19-10-9-14(13-19)12-18-17-8-7-15-5-3-4-6-16(15)11-17/h3-8,11,14,18H,2,9-10,12-13H2,1H3. The van der Waals surface area contributed by atoms with Crippen LogP contribution in [0.15, 0.2) is 42.5 Å². The number of nitrogens with zero attached hydrogens (tertiary/aromatic N) is 1. The number of nitrogens with one attached hydrogen (secondary N) is 1. The highest BCUT2D eigenvalue weighted by Crippen LogP contribution is 2.21. The van der Waals surface area contributed by atoms with E-state index in [1.807, 2.05) is 0 Å². The van der Waals surface area contributed by atoms with E-state index in [0.717, 1.165) is 12.5 Å². The molecule has 19 heavy (non-hydrogen) atoms. The quantitative estimate of drug-likeness (QED) is 0.897. The average molecular weight is 254 g/mol. The number of likely N-dealkylation sites (tertiary alicyclic amines) is 1. The summed E-state index contributed by atoms with van der Waals surface area (Å²) in [6, 6.07) is 15.2. The number of benzene rings is 2. The van der Waals surface area contributed by atoms with Crippen molar-refractivity contribution in [3.8, 4) is 0 Å². The van der Waals surface area contributed by atoms with Crippen molar-refractivity contribution < 1.29 is 0 Å². The Kier molecular flexibility index (Phi) is 3.69. The van der Waals surface area contributed by atoms with Crippen LogP contribution in [0.1, 0.15) is 13.3 Å².